The van der Waals surface area contributed by atoms with Gasteiger partial charge in [0.1, 0.15) is 29.6 Å². The molecule has 0 unspecified atom stereocenters. The number of benzene rings is 1. The first kappa shape index (κ1) is 22.1. The van der Waals surface area contributed by atoms with E-state index in [9.17, 15) is 4.79 Å². The summed E-state index contributed by atoms with van der Waals surface area (Å²) in [7, 11) is 0. The van der Waals surface area contributed by atoms with Gasteiger partial charge in [-0.25, -0.2) is 0 Å². The lowest BCUT2D eigenvalue weighted by Gasteiger charge is -2.12. The first-order valence-corrected chi connectivity index (χ1v) is 11.0. The van der Waals surface area contributed by atoms with E-state index in [1.165, 1.54) is 4.90 Å². The van der Waals surface area contributed by atoms with Crippen LogP contribution in [-0.2, 0) is 24.5 Å². The third-order valence-corrected chi connectivity index (χ3v) is 5.99. The minimum Gasteiger partial charge on any atom is -0.486 e. The van der Waals surface area contributed by atoms with Crippen LogP contribution in [0.15, 0.2) is 46.8 Å². The number of carbonyl (C=O) groups is 1. The summed E-state index contributed by atoms with van der Waals surface area (Å²) in [4.78, 5) is 14.3. The Bertz CT molecular complexity index is 1190. The Labute approximate surface area is 196 Å². The number of ether oxygens (including phenoxy) is 1. The van der Waals surface area contributed by atoms with Gasteiger partial charge in [-0.3, -0.25) is 14.4 Å². The standard InChI is InChI=1S/C23H23ClN4O3S/c1-4-27-11-16(10-25-27)12-28-22(29)20(26-23(28)32)9-17-5-6-18(31-17)13-30-19-7-14(2)21(24)15(3)8-19/h5-11H,4,12-13H2,1-3H3,(H,26,32)/b20-9+. The van der Waals surface area contributed by atoms with Crippen LogP contribution in [0.2, 0.25) is 5.02 Å². The second-order valence-corrected chi connectivity index (χ2v) is 8.31. The molecule has 4 rings (SSSR count). The Kier molecular flexibility index (Phi) is 6.34. The molecular formula is C23H23ClN4O3S. The maximum absolute atomic E-state index is 12.8. The second kappa shape index (κ2) is 9.18. The molecular weight excluding hydrogens is 448 g/mol. The molecule has 3 heterocycles. The predicted molar refractivity (Wildman–Crippen MR) is 126 cm³/mol. The molecule has 0 bridgehead atoms. The zero-order chi connectivity index (χ0) is 22.8. The molecule has 1 aromatic carbocycles. The normalized spacial score (nSPS) is 15.0. The van der Waals surface area contributed by atoms with E-state index in [0.29, 0.717) is 28.9 Å². The number of rotatable bonds is 7. The van der Waals surface area contributed by atoms with Gasteiger partial charge < -0.3 is 14.5 Å². The van der Waals surface area contributed by atoms with Crippen molar-refractivity contribution >= 4 is 40.9 Å². The van der Waals surface area contributed by atoms with Gasteiger partial charge in [0, 0.05) is 29.4 Å². The molecule has 0 spiro atoms. The van der Waals surface area contributed by atoms with E-state index < -0.39 is 0 Å². The lowest BCUT2D eigenvalue weighted by molar-refractivity contribution is -0.122. The van der Waals surface area contributed by atoms with Crippen molar-refractivity contribution < 1.29 is 13.9 Å². The molecule has 32 heavy (non-hydrogen) atoms. The Balaban J connectivity index is 1.41. The summed E-state index contributed by atoms with van der Waals surface area (Å²) < 4.78 is 13.5. The summed E-state index contributed by atoms with van der Waals surface area (Å²) in [6, 6.07) is 7.39. The Morgan fingerprint density at radius 3 is 2.72 bits per heavy atom. The maximum atomic E-state index is 12.8. The fraction of sp³-hybridized carbons (Fsp3) is 0.261. The molecule has 9 heteroatoms. The lowest BCUT2D eigenvalue weighted by Crippen LogP contribution is -2.29. The van der Waals surface area contributed by atoms with Crippen LogP contribution in [0.5, 0.6) is 5.75 Å². The summed E-state index contributed by atoms with van der Waals surface area (Å²) in [5.74, 6) is 1.69. The Hall–Kier alpha value is -3.10. The Morgan fingerprint density at radius 2 is 2.03 bits per heavy atom. The zero-order valence-electron chi connectivity index (χ0n) is 18.0. The maximum Gasteiger partial charge on any atom is 0.276 e. The molecule has 1 aliphatic heterocycles. The topological polar surface area (TPSA) is 72.5 Å². The average Bonchev–Trinajstić information content (AvgIpc) is 3.47. The molecule has 7 nitrogen and oxygen atoms in total. The SMILES string of the molecule is CCn1cc(CN2C(=O)/C(=C\c3ccc(COc4cc(C)c(Cl)c(C)c4)o3)NC2=S)cn1. The molecule has 1 N–H and O–H groups in total. The molecule has 1 saturated heterocycles. The van der Waals surface area contributed by atoms with Crippen LogP contribution in [0, 0.1) is 13.8 Å². The second-order valence-electron chi connectivity index (χ2n) is 7.55. The van der Waals surface area contributed by atoms with Crippen molar-refractivity contribution in [2.75, 3.05) is 0 Å². The van der Waals surface area contributed by atoms with Crippen LogP contribution < -0.4 is 10.1 Å². The van der Waals surface area contributed by atoms with Gasteiger partial charge in [-0.1, -0.05) is 11.6 Å². The number of thiocarbonyl (C=S) groups is 1. The van der Waals surface area contributed by atoms with Crippen LogP contribution >= 0.6 is 23.8 Å². The predicted octanol–water partition coefficient (Wildman–Crippen LogP) is 4.60. The van der Waals surface area contributed by atoms with Crippen LogP contribution in [0.3, 0.4) is 0 Å². The van der Waals surface area contributed by atoms with E-state index in [-0.39, 0.29) is 12.5 Å². The minimum atomic E-state index is -0.208. The number of halogens is 1. The van der Waals surface area contributed by atoms with Crippen molar-refractivity contribution in [3.63, 3.8) is 0 Å². The molecule has 166 valence electrons. The molecule has 1 fully saturated rings. The van der Waals surface area contributed by atoms with E-state index in [1.807, 2.05) is 49.8 Å². The lowest BCUT2D eigenvalue weighted by atomic mass is 10.1. The van der Waals surface area contributed by atoms with Crippen LogP contribution in [0.1, 0.15) is 35.1 Å². The Morgan fingerprint density at radius 1 is 1.28 bits per heavy atom. The van der Waals surface area contributed by atoms with Gasteiger partial charge in [-0.2, -0.15) is 5.10 Å². The van der Waals surface area contributed by atoms with E-state index in [2.05, 4.69) is 10.4 Å². The van der Waals surface area contributed by atoms with Gasteiger partial charge in [0.15, 0.2) is 5.11 Å². The summed E-state index contributed by atoms with van der Waals surface area (Å²) in [6.07, 6.45) is 5.29. The van der Waals surface area contributed by atoms with Crippen molar-refractivity contribution in [1.29, 1.82) is 0 Å². The first-order valence-electron chi connectivity index (χ1n) is 10.2. The average molecular weight is 471 g/mol. The van der Waals surface area contributed by atoms with E-state index in [4.69, 9.17) is 33.0 Å². The highest BCUT2D eigenvalue weighted by atomic mass is 35.5. The summed E-state index contributed by atoms with van der Waals surface area (Å²) in [5, 5.41) is 8.30. The van der Waals surface area contributed by atoms with Gasteiger partial charge >= 0.3 is 0 Å². The molecule has 1 amide bonds. The van der Waals surface area contributed by atoms with Crippen LogP contribution in [-0.4, -0.2) is 25.7 Å². The van der Waals surface area contributed by atoms with E-state index in [0.717, 1.165) is 34.0 Å². The van der Waals surface area contributed by atoms with Gasteiger partial charge in [-0.15, -0.1) is 0 Å². The van der Waals surface area contributed by atoms with Crippen molar-refractivity contribution in [2.45, 2.75) is 40.5 Å². The smallest absolute Gasteiger partial charge is 0.276 e. The van der Waals surface area contributed by atoms with Crippen LogP contribution in [0.25, 0.3) is 6.08 Å². The third kappa shape index (κ3) is 4.71. The molecule has 0 saturated carbocycles. The van der Waals surface area contributed by atoms with Crippen molar-refractivity contribution in [1.82, 2.24) is 20.0 Å². The highest BCUT2D eigenvalue weighted by Crippen LogP contribution is 2.27. The molecule has 0 radical (unpaired) electrons. The van der Waals surface area contributed by atoms with Gasteiger partial charge in [0.25, 0.3) is 5.91 Å². The fourth-order valence-corrected chi connectivity index (χ4v) is 3.76. The van der Waals surface area contributed by atoms with E-state index in [1.54, 1.807) is 18.3 Å². The van der Waals surface area contributed by atoms with Crippen molar-refractivity contribution in [3.05, 3.63) is 75.6 Å². The largest absolute Gasteiger partial charge is 0.486 e. The van der Waals surface area contributed by atoms with Gasteiger partial charge in [-0.05, 0) is 68.4 Å². The number of hydrogen-bond acceptors (Lipinski definition) is 5. The summed E-state index contributed by atoms with van der Waals surface area (Å²) >= 11 is 11.5. The number of carbonyl (C=O) groups excluding carboxylic acids is 1. The van der Waals surface area contributed by atoms with Gasteiger partial charge in [0.05, 0.1) is 12.7 Å². The monoisotopic (exact) mass is 470 g/mol. The number of hydrogen-bond donors (Lipinski definition) is 1. The number of aromatic nitrogens is 2. The first-order chi connectivity index (χ1) is 15.3. The highest BCUT2D eigenvalue weighted by Gasteiger charge is 2.31. The number of furan rings is 1. The number of nitrogens with zero attached hydrogens (tertiary/aromatic N) is 3. The highest BCUT2D eigenvalue weighted by molar-refractivity contribution is 7.80. The van der Waals surface area contributed by atoms with Crippen molar-refractivity contribution in [2.24, 2.45) is 0 Å². The third-order valence-electron chi connectivity index (χ3n) is 5.07. The molecule has 2 aromatic heterocycles. The number of amides is 1. The fourth-order valence-electron chi connectivity index (χ4n) is 3.39. The number of nitrogens with one attached hydrogen (secondary N) is 1. The van der Waals surface area contributed by atoms with Crippen molar-refractivity contribution in [3.8, 4) is 5.75 Å². The molecule has 0 aliphatic carbocycles. The molecule has 1 aliphatic rings. The van der Waals surface area contributed by atoms with E-state index >= 15 is 0 Å². The van der Waals surface area contributed by atoms with Gasteiger partial charge in [0.2, 0.25) is 0 Å². The van der Waals surface area contributed by atoms with Crippen LogP contribution in [0.4, 0.5) is 0 Å². The minimum absolute atomic E-state index is 0.208. The zero-order valence-corrected chi connectivity index (χ0v) is 19.6. The molecule has 3 aromatic rings. The molecule has 0 atom stereocenters. The summed E-state index contributed by atoms with van der Waals surface area (Å²) in [5.41, 5.74) is 3.19. The quantitative estimate of drug-likeness (QED) is 0.402. The summed E-state index contributed by atoms with van der Waals surface area (Å²) in [6.45, 7) is 7.27. The number of aryl methyl sites for hydroxylation is 3.